The van der Waals surface area contributed by atoms with Gasteiger partial charge in [0, 0.05) is 55.6 Å². The molecule has 0 saturated heterocycles. The van der Waals surface area contributed by atoms with Crippen molar-refractivity contribution in [2.75, 3.05) is 4.90 Å². The summed E-state index contributed by atoms with van der Waals surface area (Å²) >= 11 is 0. The average Bonchev–Trinajstić information content (AvgIpc) is 3.77. The Hall–Kier alpha value is -7.10. The first kappa shape index (κ1) is 29.6. The van der Waals surface area contributed by atoms with Crippen molar-refractivity contribution < 1.29 is 4.42 Å². The minimum atomic E-state index is 0.866. The minimum absolute atomic E-state index is 0.866. The summed E-state index contributed by atoms with van der Waals surface area (Å²) in [5.74, 6) is 0. The Kier molecular flexibility index (Phi) is 6.55. The summed E-state index contributed by atoms with van der Waals surface area (Å²) < 4.78 is 8.91. The third-order valence-electron chi connectivity index (χ3n) is 10.7. The molecule has 0 fully saturated rings. The zero-order valence-corrected chi connectivity index (χ0v) is 28.8. The van der Waals surface area contributed by atoms with Crippen LogP contribution in [0.3, 0.4) is 0 Å². The lowest BCUT2D eigenvalue weighted by atomic mass is 10.0. The second-order valence-electron chi connectivity index (χ2n) is 13.7. The Balaban J connectivity index is 1.20. The van der Waals surface area contributed by atoms with E-state index in [1.54, 1.807) is 0 Å². The maximum absolute atomic E-state index is 6.46. The molecule has 0 atom stereocenters. The fraction of sp³-hybridized carbons (Fsp3) is 0. The Morgan fingerprint density at radius 1 is 0.396 bits per heavy atom. The molecule has 0 unspecified atom stereocenters. The van der Waals surface area contributed by atoms with E-state index in [1.807, 2.05) is 12.1 Å². The predicted molar refractivity (Wildman–Crippen MR) is 223 cm³/mol. The molecule has 248 valence electrons. The van der Waals surface area contributed by atoms with Gasteiger partial charge in [0.15, 0.2) is 0 Å². The second kappa shape index (κ2) is 11.7. The summed E-state index contributed by atoms with van der Waals surface area (Å²) in [5.41, 5.74) is 10.8. The fourth-order valence-electron chi connectivity index (χ4n) is 8.30. The molecule has 2 aromatic heterocycles. The molecule has 0 aliphatic heterocycles. The van der Waals surface area contributed by atoms with Crippen LogP contribution >= 0.6 is 0 Å². The standard InChI is InChI=1S/C50H32N2O/c1-2-13-34(14-3-1)40-16-6-9-19-46(40)51(39-27-29-43-42-18-8-11-21-48(42)53-49(43)32-39)38-26-23-35-24-28-44-41-17-7-10-20-47(41)52(50(44)45(35)31-38)37-25-22-33-12-4-5-15-36(33)30-37/h1-32H. The van der Waals surface area contributed by atoms with Crippen molar-refractivity contribution in [3.8, 4) is 16.8 Å². The van der Waals surface area contributed by atoms with Crippen LogP contribution in [-0.2, 0) is 0 Å². The number of furan rings is 1. The maximum atomic E-state index is 6.46. The van der Waals surface area contributed by atoms with Crippen LogP contribution in [0.25, 0.3) is 82.1 Å². The van der Waals surface area contributed by atoms with Crippen LogP contribution in [0.2, 0.25) is 0 Å². The van der Waals surface area contributed by atoms with Crippen molar-refractivity contribution in [1.29, 1.82) is 0 Å². The summed E-state index contributed by atoms with van der Waals surface area (Å²) in [5, 5.41) is 9.55. The van der Waals surface area contributed by atoms with Gasteiger partial charge in [0.1, 0.15) is 11.2 Å². The van der Waals surface area contributed by atoms with E-state index in [0.29, 0.717) is 0 Å². The van der Waals surface area contributed by atoms with Crippen molar-refractivity contribution in [2.45, 2.75) is 0 Å². The average molecular weight is 677 g/mol. The van der Waals surface area contributed by atoms with Crippen LogP contribution < -0.4 is 4.90 Å². The van der Waals surface area contributed by atoms with Crippen LogP contribution in [0.5, 0.6) is 0 Å². The van der Waals surface area contributed by atoms with Crippen LogP contribution in [0.4, 0.5) is 17.1 Å². The van der Waals surface area contributed by atoms with E-state index in [9.17, 15) is 0 Å². The lowest BCUT2D eigenvalue weighted by molar-refractivity contribution is 0.669. The summed E-state index contributed by atoms with van der Waals surface area (Å²) in [6.07, 6.45) is 0. The Labute approximate surface area is 306 Å². The number of fused-ring (bicyclic) bond motifs is 9. The number of rotatable bonds is 5. The molecule has 0 amide bonds. The topological polar surface area (TPSA) is 21.3 Å². The van der Waals surface area contributed by atoms with Gasteiger partial charge in [-0.2, -0.15) is 0 Å². The molecular weight excluding hydrogens is 645 g/mol. The maximum Gasteiger partial charge on any atom is 0.137 e. The molecule has 11 aromatic rings. The largest absolute Gasteiger partial charge is 0.456 e. The third-order valence-corrected chi connectivity index (χ3v) is 10.7. The number of benzene rings is 9. The molecule has 3 heteroatoms. The summed E-state index contributed by atoms with van der Waals surface area (Å²) in [6.45, 7) is 0. The SMILES string of the molecule is c1ccc(-c2ccccc2N(c2ccc3c(c2)oc2ccccc23)c2ccc3ccc4c5ccccc5n(-c5ccc6ccccc6c5)c4c3c2)cc1. The molecule has 53 heavy (non-hydrogen) atoms. The molecule has 11 rings (SSSR count). The van der Waals surface area contributed by atoms with E-state index in [-0.39, 0.29) is 0 Å². The summed E-state index contributed by atoms with van der Waals surface area (Å²) in [4.78, 5) is 2.39. The number of nitrogens with zero attached hydrogens (tertiary/aromatic N) is 2. The van der Waals surface area contributed by atoms with E-state index in [4.69, 9.17) is 4.42 Å². The van der Waals surface area contributed by atoms with Crippen LogP contribution in [0.15, 0.2) is 199 Å². The highest BCUT2D eigenvalue weighted by atomic mass is 16.3. The van der Waals surface area contributed by atoms with Gasteiger partial charge in [0.05, 0.1) is 16.7 Å². The van der Waals surface area contributed by atoms with Gasteiger partial charge in [-0.15, -0.1) is 0 Å². The smallest absolute Gasteiger partial charge is 0.137 e. The van der Waals surface area contributed by atoms with Crippen LogP contribution in [0, 0.1) is 0 Å². The molecule has 0 aliphatic rings. The van der Waals surface area contributed by atoms with Crippen molar-refractivity contribution in [3.05, 3.63) is 194 Å². The lowest BCUT2D eigenvalue weighted by Crippen LogP contribution is -2.11. The van der Waals surface area contributed by atoms with E-state index < -0.39 is 0 Å². The molecule has 0 spiro atoms. The number of aromatic nitrogens is 1. The Bertz CT molecular complexity index is 3190. The van der Waals surface area contributed by atoms with Crippen LogP contribution in [0.1, 0.15) is 0 Å². The van der Waals surface area contributed by atoms with Gasteiger partial charge in [0.2, 0.25) is 0 Å². The van der Waals surface area contributed by atoms with E-state index in [1.165, 1.54) is 43.4 Å². The molecule has 9 aromatic carbocycles. The summed E-state index contributed by atoms with van der Waals surface area (Å²) in [6, 6.07) is 69.8. The van der Waals surface area contributed by atoms with Gasteiger partial charge in [-0.1, -0.05) is 133 Å². The first-order valence-electron chi connectivity index (χ1n) is 18.1. The molecule has 0 radical (unpaired) electrons. The quantitative estimate of drug-likeness (QED) is 0.181. The number of anilines is 3. The highest BCUT2D eigenvalue weighted by Gasteiger charge is 2.21. The molecule has 0 aliphatic carbocycles. The number of hydrogen-bond acceptors (Lipinski definition) is 2. The monoisotopic (exact) mass is 676 g/mol. The van der Waals surface area contributed by atoms with Crippen molar-refractivity contribution >= 4 is 82.4 Å². The highest BCUT2D eigenvalue weighted by Crippen LogP contribution is 2.45. The second-order valence-corrected chi connectivity index (χ2v) is 13.7. The summed E-state index contributed by atoms with van der Waals surface area (Å²) in [7, 11) is 0. The zero-order valence-electron chi connectivity index (χ0n) is 28.8. The van der Waals surface area contributed by atoms with Gasteiger partial charge >= 0.3 is 0 Å². The number of hydrogen-bond donors (Lipinski definition) is 0. The third kappa shape index (κ3) is 4.68. The molecular formula is C50H32N2O. The molecule has 0 saturated carbocycles. The molecule has 2 heterocycles. The zero-order chi connectivity index (χ0) is 34.9. The highest BCUT2D eigenvalue weighted by molar-refractivity contribution is 6.19. The predicted octanol–water partition coefficient (Wildman–Crippen LogP) is 14.1. The molecule has 3 nitrogen and oxygen atoms in total. The van der Waals surface area contributed by atoms with E-state index in [0.717, 1.165) is 55.8 Å². The first-order chi connectivity index (χ1) is 26.3. The van der Waals surface area contributed by atoms with Crippen LogP contribution in [-0.4, -0.2) is 4.57 Å². The van der Waals surface area contributed by atoms with E-state index >= 15 is 0 Å². The molecule has 0 bridgehead atoms. The van der Waals surface area contributed by atoms with Gasteiger partial charge < -0.3 is 13.9 Å². The normalized spacial score (nSPS) is 11.8. The van der Waals surface area contributed by atoms with Crippen molar-refractivity contribution in [3.63, 3.8) is 0 Å². The van der Waals surface area contributed by atoms with Crippen molar-refractivity contribution in [1.82, 2.24) is 4.57 Å². The number of para-hydroxylation sites is 3. The van der Waals surface area contributed by atoms with Crippen molar-refractivity contribution in [2.24, 2.45) is 0 Å². The Morgan fingerprint density at radius 3 is 1.98 bits per heavy atom. The van der Waals surface area contributed by atoms with Gasteiger partial charge in [0.25, 0.3) is 0 Å². The fourth-order valence-corrected chi connectivity index (χ4v) is 8.30. The minimum Gasteiger partial charge on any atom is -0.456 e. The van der Waals surface area contributed by atoms with E-state index in [2.05, 4.69) is 191 Å². The first-order valence-corrected chi connectivity index (χ1v) is 18.1. The van der Waals surface area contributed by atoms with Gasteiger partial charge in [-0.05, 0) is 76.3 Å². The van der Waals surface area contributed by atoms with Gasteiger partial charge in [-0.3, -0.25) is 0 Å². The molecule has 0 N–H and O–H groups in total. The lowest BCUT2D eigenvalue weighted by Gasteiger charge is -2.28. The Morgan fingerprint density at radius 2 is 1.06 bits per heavy atom. The van der Waals surface area contributed by atoms with Gasteiger partial charge in [-0.25, -0.2) is 0 Å².